The van der Waals surface area contributed by atoms with Gasteiger partial charge < -0.3 is 14.8 Å². The van der Waals surface area contributed by atoms with Gasteiger partial charge >= 0.3 is 0 Å². The first-order valence-corrected chi connectivity index (χ1v) is 5.84. The van der Waals surface area contributed by atoms with Crippen LogP contribution in [0.1, 0.15) is 12.0 Å². The van der Waals surface area contributed by atoms with E-state index in [1.165, 1.54) is 12.0 Å². The fraction of sp³-hybridized carbons (Fsp3) is 0.538. The van der Waals surface area contributed by atoms with Gasteiger partial charge in [-0.3, -0.25) is 0 Å². The first-order chi connectivity index (χ1) is 7.88. The summed E-state index contributed by atoms with van der Waals surface area (Å²) >= 11 is 0. The van der Waals surface area contributed by atoms with Crippen LogP contribution in [-0.2, 0) is 16.0 Å². The van der Waals surface area contributed by atoms with Crippen molar-refractivity contribution < 1.29 is 9.47 Å². The van der Waals surface area contributed by atoms with Crippen LogP contribution < -0.4 is 5.32 Å². The molecular weight excluding hydrogens is 202 g/mol. The van der Waals surface area contributed by atoms with Crippen molar-refractivity contribution in [3.05, 3.63) is 35.9 Å². The largest absolute Gasteiger partial charge is 0.354 e. The summed E-state index contributed by atoms with van der Waals surface area (Å²) in [5.74, 6) is 0.661. The van der Waals surface area contributed by atoms with Crippen LogP contribution in [0.5, 0.6) is 0 Å². The third-order valence-electron chi connectivity index (χ3n) is 3.46. The van der Waals surface area contributed by atoms with Gasteiger partial charge in [-0.25, -0.2) is 0 Å². The SMILES string of the molecule is COC1OC2CC2C1NCc1ccccc1. The predicted octanol–water partition coefficient (Wildman–Crippen LogP) is 1.54. The Balaban J connectivity index is 1.58. The third-order valence-corrected chi connectivity index (χ3v) is 3.46. The van der Waals surface area contributed by atoms with Gasteiger partial charge in [0.25, 0.3) is 0 Å². The van der Waals surface area contributed by atoms with Crippen LogP contribution >= 0.6 is 0 Å². The minimum absolute atomic E-state index is 0.0625. The van der Waals surface area contributed by atoms with E-state index in [1.807, 2.05) is 6.07 Å². The van der Waals surface area contributed by atoms with E-state index in [9.17, 15) is 0 Å². The highest BCUT2D eigenvalue weighted by molar-refractivity contribution is 5.15. The molecule has 86 valence electrons. The molecule has 3 rings (SSSR count). The molecule has 1 aromatic carbocycles. The Morgan fingerprint density at radius 3 is 2.94 bits per heavy atom. The van der Waals surface area contributed by atoms with Crippen molar-refractivity contribution in [3.8, 4) is 0 Å². The number of fused-ring (bicyclic) bond motifs is 1. The quantitative estimate of drug-likeness (QED) is 0.833. The highest BCUT2D eigenvalue weighted by Gasteiger charge is 2.55. The van der Waals surface area contributed by atoms with Gasteiger partial charge in [-0.15, -0.1) is 0 Å². The Bertz CT molecular complexity index is 354. The minimum atomic E-state index is -0.0625. The van der Waals surface area contributed by atoms with Gasteiger partial charge in [0.05, 0.1) is 12.1 Å². The van der Waals surface area contributed by atoms with E-state index in [-0.39, 0.29) is 6.29 Å². The number of methoxy groups -OCH3 is 1. The Kier molecular flexibility index (Phi) is 2.67. The lowest BCUT2D eigenvalue weighted by Gasteiger charge is -2.21. The van der Waals surface area contributed by atoms with Crippen LogP contribution in [0, 0.1) is 5.92 Å². The molecule has 1 aliphatic carbocycles. The van der Waals surface area contributed by atoms with Crippen LogP contribution in [0.4, 0.5) is 0 Å². The summed E-state index contributed by atoms with van der Waals surface area (Å²) in [5, 5.41) is 3.54. The zero-order chi connectivity index (χ0) is 11.0. The lowest BCUT2D eigenvalue weighted by molar-refractivity contribution is -0.121. The normalized spacial score (nSPS) is 36.1. The number of hydrogen-bond acceptors (Lipinski definition) is 3. The number of ether oxygens (including phenoxy) is 2. The molecule has 0 aromatic heterocycles. The standard InChI is InChI=1S/C13H17NO2/c1-15-13-12(10-7-11(10)16-13)14-8-9-5-3-2-4-6-9/h2-6,10-14H,7-8H2,1H3. The highest BCUT2D eigenvalue weighted by atomic mass is 16.7. The zero-order valence-electron chi connectivity index (χ0n) is 9.43. The molecule has 1 saturated carbocycles. The molecule has 1 aromatic rings. The molecule has 0 amide bonds. The van der Waals surface area contributed by atoms with Crippen LogP contribution in [0.15, 0.2) is 30.3 Å². The second-order valence-electron chi connectivity index (χ2n) is 4.57. The maximum absolute atomic E-state index is 5.70. The summed E-state index contributed by atoms with van der Waals surface area (Å²) < 4.78 is 11.0. The van der Waals surface area contributed by atoms with Crippen molar-refractivity contribution in [2.45, 2.75) is 31.4 Å². The van der Waals surface area contributed by atoms with Gasteiger partial charge in [-0.2, -0.15) is 0 Å². The van der Waals surface area contributed by atoms with Gasteiger partial charge in [0.15, 0.2) is 6.29 Å². The molecule has 1 saturated heterocycles. The molecule has 2 fully saturated rings. The van der Waals surface area contributed by atoms with Crippen molar-refractivity contribution >= 4 is 0 Å². The molecule has 16 heavy (non-hydrogen) atoms. The first kappa shape index (κ1) is 10.3. The maximum Gasteiger partial charge on any atom is 0.173 e. The van der Waals surface area contributed by atoms with Crippen LogP contribution in [-0.4, -0.2) is 25.5 Å². The van der Waals surface area contributed by atoms with E-state index in [4.69, 9.17) is 9.47 Å². The fourth-order valence-electron chi connectivity index (χ4n) is 2.46. The monoisotopic (exact) mass is 219 g/mol. The van der Waals surface area contributed by atoms with Crippen molar-refractivity contribution in [2.24, 2.45) is 5.92 Å². The second kappa shape index (κ2) is 4.17. The van der Waals surface area contributed by atoms with Crippen LogP contribution in [0.25, 0.3) is 0 Å². The molecule has 3 nitrogen and oxygen atoms in total. The molecule has 1 N–H and O–H groups in total. The van der Waals surface area contributed by atoms with Crippen LogP contribution in [0.2, 0.25) is 0 Å². The number of rotatable bonds is 4. The molecule has 1 heterocycles. The van der Waals surface area contributed by atoms with E-state index in [0.29, 0.717) is 18.1 Å². The van der Waals surface area contributed by atoms with Gasteiger partial charge in [-0.05, 0) is 12.0 Å². The van der Waals surface area contributed by atoms with E-state index in [2.05, 4.69) is 29.6 Å². The summed E-state index contributed by atoms with van der Waals surface area (Å²) in [4.78, 5) is 0. The molecular formula is C13H17NO2. The molecule has 0 bridgehead atoms. The summed E-state index contributed by atoms with van der Waals surface area (Å²) in [7, 11) is 1.71. The average Bonchev–Trinajstić information content (AvgIpc) is 3.02. The predicted molar refractivity (Wildman–Crippen MR) is 60.8 cm³/mol. The molecule has 3 heteroatoms. The Morgan fingerprint density at radius 1 is 1.38 bits per heavy atom. The number of hydrogen-bond donors (Lipinski definition) is 1. The molecule has 0 spiro atoms. The van der Waals surface area contributed by atoms with Gasteiger partial charge in [0, 0.05) is 19.6 Å². The van der Waals surface area contributed by atoms with Gasteiger partial charge in [0.1, 0.15) is 0 Å². The second-order valence-corrected chi connectivity index (χ2v) is 4.57. The smallest absolute Gasteiger partial charge is 0.173 e. The van der Waals surface area contributed by atoms with Crippen LogP contribution in [0.3, 0.4) is 0 Å². The lowest BCUT2D eigenvalue weighted by Crippen LogP contribution is -2.40. The molecule has 0 radical (unpaired) electrons. The first-order valence-electron chi connectivity index (χ1n) is 5.84. The summed E-state index contributed by atoms with van der Waals surface area (Å²) in [6.45, 7) is 0.887. The summed E-state index contributed by atoms with van der Waals surface area (Å²) in [5.41, 5.74) is 1.31. The molecule has 2 aliphatic rings. The van der Waals surface area contributed by atoms with Gasteiger partial charge in [-0.1, -0.05) is 30.3 Å². The highest BCUT2D eigenvalue weighted by Crippen LogP contribution is 2.45. The molecule has 4 unspecified atom stereocenters. The molecule has 4 atom stereocenters. The topological polar surface area (TPSA) is 30.5 Å². The van der Waals surface area contributed by atoms with Crippen molar-refractivity contribution in [1.29, 1.82) is 0 Å². The summed E-state index contributed by atoms with van der Waals surface area (Å²) in [6.07, 6.45) is 1.57. The third kappa shape index (κ3) is 1.86. The Labute approximate surface area is 95.8 Å². The van der Waals surface area contributed by atoms with E-state index < -0.39 is 0 Å². The summed E-state index contributed by atoms with van der Waals surface area (Å²) in [6, 6.07) is 10.8. The number of nitrogens with one attached hydrogen (secondary N) is 1. The van der Waals surface area contributed by atoms with Gasteiger partial charge in [0.2, 0.25) is 0 Å². The van der Waals surface area contributed by atoms with Crippen molar-refractivity contribution in [2.75, 3.05) is 7.11 Å². The molecule has 1 aliphatic heterocycles. The minimum Gasteiger partial charge on any atom is -0.354 e. The Morgan fingerprint density at radius 2 is 2.19 bits per heavy atom. The van der Waals surface area contributed by atoms with E-state index >= 15 is 0 Å². The average molecular weight is 219 g/mol. The number of benzene rings is 1. The van der Waals surface area contributed by atoms with Crippen molar-refractivity contribution in [3.63, 3.8) is 0 Å². The fourth-order valence-corrected chi connectivity index (χ4v) is 2.46. The zero-order valence-corrected chi connectivity index (χ0v) is 9.43. The Hall–Kier alpha value is -0.900. The van der Waals surface area contributed by atoms with E-state index in [0.717, 1.165) is 6.54 Å². The maximum atomic E-state index is 5.70. The van der Waals surface area contributed by atoms with Crippen molar-refractivity contribution in [1.82, 2.24) is 5.32 Å². The lowest BCUT2D eigenvalue weighted by atomic mass is 10.1. The van der Waals surface area contributed by atoms with E-state index in [1.54, 1.807) is 7.11 Å².